The lowest BCUT2D eigenvalue weighted by molar-refractivity contribution is -0.116. The van der Waals surface area contributed by atoms with Crippen LogP contribution in [0.3, 0.4) is 0 Å². The van der Waals surface area contributed by atoms with E-state index in [9.17, 15) is 13.2 Å². The topological polar surface area (TPSA) is 90.3 Å². The molecule has 0 saturated heterocycles. The number of hydrogen-bond acceptors (Lipinski definition) is 4. The van der Waals surface area contributed by atoms with E-state index in [-0.39, 0.29) is 0 Å². The predicted octanol–water partition coefficient (Wildman–Crippen LogP) is 3.11. The number of benzene rings is 2. The van der Waals surface area contributed by atoms with Crippen molar-refractivity contribution in [2.75, 3.05) is 15.9 Å². The van der Waals surface area contributed by atoms with Gasteiger partial charge in [0, 0.05) is 5.69 Å². The molecule has 0 aliphatic rings. The van der Waals surface area contributed by atoms with Crippen LogP contribution in [0.15, 0.2) is 48.5 Å². The molecule has 6 nitrogen and oxygen atoms in total. The molecule has 27 heavy (non-hydrogen) atoms. The first-order chi connectivity index (χ1) is 12.8. The maximum atomic E-state index is 12.6. The van der Waals surface area contributed by atoms with Gasteiger partial charge < -0.3 is 5.32 Å². The van der Waals surface area contributed by atoms with Gasteiger partial charge in [0.15, 0.2) is 0 Å². The van der Waals surface area contributed by atoms with Crippen LogP contribution in [0.1, 0.15) is 25.0 Å². The molecular weight excluding hydrogens is 362 g/mol. The van der Waals surface area contributed by atoms with Crippen molar-refractivity contribution in [1.29, 1.82) is 5.26 Å². The van der Waals surface area contributed by atoms with Crippen molar-refractivity contribution in [3.8, 4) is 6.07 Å². The second-order valence-electron chi connectivity index (χ2n) is 6.28. The lowest BCUT2D eigenvalue weighted by Gasteiger charge is -2.28. The van der Waals surface area contributed by atoms with E-state index < -0.39 is 22.0 Å². The van der Waals surface area contributed by atoms with Crippen LogP contribution < -0.4 is 9.62 Å². The quantitative estimate of drug-likeness (QED) is 0.793. The van der Waals surface area contributed by atoms with Gasteiger partial charge in [-0.05, 0) is 48.7 Å². The van der Waals surface area contributed by atoms with Gasteiger partial charge in [0.25, 0.3) is 0 Å². The average molecular weight is 385 g/mol. The van der Waals surface area contributed by atoms with E-state index in [1.807, 2.05) is 19.1 Å². The zero-order chi connectivity index (χ0) is 20.0. The van der Waals surface area contributed by atoms with Crippen LogP contribution in [0.4, 0.5) is 11.4 Å². The first-order valence-corrected chi connectivity index (χ1v) is 10.5. The molecule has 142 valence electrons. The number of sulfonamides is 1. The van der Waals surface area contributed by atoms with Crippen LogP contribution in [-0.2, 0) is 27.7 Å². The number of nitrogens with zero attached hydrogens (tertiary/aromatic N) is 2. The van der Waals surface area contributed by atoms with Crippen molar-refractivity contribution in [3.63, 3.8) is 0 Å². The molecule has 0 bridgehead atoms. The Kier molecular flexibility index (Phi) is 6.59. The lowest BCUT2D eigenvalue weighted by atomic mass is 10.1. The second kappa shape index (κ2) is 8.69. The van der Waals surface area contributed by atoms with Crippen LogP contribution >= 0.6 is 0 Å². The fourth-order valence-corrected chi connectivity index (χ4v) is 3.91. The van der Waals surface area contributed by atoms with Crippen LogP contribution in [-0.4, -0.2) is 26.6 Å². The van der Waals surface area contributed by atoms with E-state index in [0.717, 1.165) is 28.1 Å². The molecule has 0 saturated carbocycles. The Balaban J connectivity index is 2.22. The summed E-state index contributed by atoms with van der Waals surface area (Å²) in [6.45, 7) is 3.56. The van der Waals surface area contributed by atoms with Crippen molar-refractivity contribution >= 4 is 27.3 Å². The van der Waals surface area contributed by atoms with Crippen LogP contribution in [0, 0.1) is 11.3 Å². The van der Waals surface area contributed by atoms with Gasteiger partial charge in [0.05, 0.1) is 24.4 Å². The fourth-order valence-electron chi connectivity index (χ4n) is 2.73. The molecule has 0 radical (unpaired) electrons. The highest BCUT2D eigenvalue weighted by Crippen LogP contribution is 2.22. The monoisotopic (exact) mass is 385 g/mol. The zero-order valence-electron chi connectivity index (χ0n) is 15.6. The predicted molar refractivity (Wildman–Crippen MR) is 107 cm³/mol. The third kappa shape index (κ3) is 5.31. The van der Waals surface area contributed by atoms with Crippen molar-refractivity contribution in [2.45, 2.75) is 32.7 Å². The summed E-state index contributed by atoms with van der Waals surface area (Å²) in [5.74, 6) is -0.437. The summed E-state index contributed by atoms with van der Waals surface area (Å²) in [7, 11) is -3.65. The molecule has 0 fully saturated rings. The summed E-state index contributed by atoms with van der Waals surface area (Å²) in [4.78, 5) is 12.6. The van der Waals surface area contributed by atoms with E-state index in [1.54, 1.807) is 43.3 Å². The van der Waals surface area contributed by atoms with Crippen molar-refractivity contribution in [1.82, 2.24) is 0 Å². The van der Waals surface area contributed by atoms with Crippen molar-refractivity contribution < 1.29 is 13.2 Å². The highest BCUT2D eigenvalue weighted by molar-refractivity contribution is 7.92. The summed E-state index contributed by atoms with van der Waals surface area (Å²) in [5.41, 5.74) is 2.92. The minimum absolute atomic E-state index is 0.292. The van der Waals surface area contributed by atoms with E-state index in [1.165, 1.54) is 0 Å². The number of hydrogen-bond donors (Lipinski definition) is 1. The maximum Gasteiger partial charge on any atom is 0.247 e. The minimum Gasteiger partial charge on any atom is -0.324 e. The first-order valence-electron chi connectivity index (χ1n) is 8.61. The van der Waals surface area contributed by atoms with Gasteiger partial charge >= 0.3 is 0 Å². The summed E-state index contributed by atoms with van der Waals surface area (Å²) in [6, 6.07) is 15.1. The number of carbonyl (C=O) groups is 1. The van der Waals surface area contributed by atoms with Crippen molar-refractivity contribution in [2.24, 2.45) is 0 Å². The molecule has 2 rings (SSSR count). The van der Waals surface area contributed by atoms with E-state index in [2.05, 4.69) is 11.4 Å². The Morgan fingerprint density at radius 2 is 1.67 bits per heavy atom. The number of carbonyl (C=O) groups excluding carboxylic acids is 1. The van der Waals surface area contributed by atoms with Gasteiger partial charge in [-0.1, -0.05) is 31.2 Å². The summed E-state index contributed by atoms with van der Waals surface area (Å²) in [5, 5.41) is 11.4. The van der Waals surface area contributed by atoms with Crippen LogP contribution in [0.5, 0.6) is 0 Å². The molecule has 1 N–H and O–H groups in total. The van der Waals surface area contributed by atoms with Gasteiger partial charge in [-0.2, -0.15) is 5.26 Å². The van der Waals surface area contributed by atoms with E-state index >= 15 is 0 Å². The molecule has 0 aliphatic carbocycles. The smallest absolute Gasteiger partial charge is 0.247 e. The highest BCUT2D eigenvalue weighted by Gasteiger charge is 2.29. The molecular formula is C20H23N3O3S. The maximum absolute atomic E-state index is 12.6. The second-order valence-corrected chi connectivity index (χ2v) is 8.14. The summed E-state index contributed by atoms with van der Waals surface area (Å²) in [6.07, 6.45) is 2.22. The summed E-state index contributed by atoms with van der Waals surface area (Å²) >= 11 is 0. The number of nitrogens with one attached hydrogen (secondary N) is 1. The number of aryl methyl sites for hydroxylation is 1. The lowest BCUT2D eigenvalue weighted by Crippen LogP contribution is -2.45. The number of rotatable bonds is 7. The SMILES string of the molecule is CCc1ccc(N([C@H](C)C(=O)Nc2ccc(CC#N)cc2)S(C)(=O)=O)cc1. The molecule has 0 aliphatic heterocycles. The van der Waals surface area contributed by atoms with Gasteiger partial charge in [-0.3, -0.25) is 9.10 Å². The fraction of sp³-hybridized carbons (Fsp3) is 0.300. The van der Waals surface area contributed by atoms with Crippen LogP contribution in [0.25, 0.3) is 0 Å². The molecule has 0 spiro atoms. The molecule has 2 aromatic carbocycles. The first kappa shape index (κ1) is 20.5. The molecule has 2 aromatic rings. The number of nitriles is 1. The Hall–Kier alpha value is -2.85. The third-order valence-electron chi connectivity index (χ3n) is 4.19. The minimum atomic E-state index is -3.65. The molecule has 0 heterocycles. The Morgan fingerprint density at radius 3 is 2.15 bits per heavy atom. The van der Waals surface area contributed by atoms with E-state index in [4.69, 9.17) is 5.26 Å². The van der Waals surface area contributed by atoms with Crippen molar-refractivity contribution in [3.05, 3.63) is 59.7 Å². The summed E-state index contributed by atoms with van der Waals surface area (Å²) < 4.78 is 25.8. The Morgan fingerprint density at radius 1 is 1.11 bits per heavy atom. The number of amides is 1. The van der Waals surface area contributed by atoms with Gasteiger partial charge in [-0.15, -0.1) is 0 Å². The van der Waals surface area contributed by atoms with Gasteiger partial charge in [0.1, 0.15) is 6.04 Å². The molecule has 1 amide bonds. The molecule has 7 heteroatoms. The average Bonchev–Trinajstić information content (AvgIpc) is 2.63. The van der Waals surface area contributed by atoms with Gasteiger partial charge in [-0.25, -0.2) is 8.42 Å². The molecule has 0 unspecified atom stereocenters. The standard InChI is InChI=1S/C20H23N3O3S/c1-4-16-7-11-19(12-8-16)23(27(3,25)26)15(2)20(24)22-18-9-5-17(6-10-18)13-14-21/h5-12,15H,4,13H2,1-3H3,(H,22,24)/t15-/m1/s1. The normalized spacial score (nSPS) is 12.1. The zero-order valence-corrected chi connectivity index (χ0v) is 16.5. The molecule has 1 atom stereocenters. The van der Waals surface area contributed by atoms with Gasteiger partial charge in [0.2, 0.25) is 15.9 Å². The number of anilines is 2. The third-order valence-corrected chi connectivity index (χ3v) is 5.43. The molecule has 0 aromatic heterocycles. The Bertz CT molecular complexity index is 930. The largest absolute Gasteiger partial charge is 0.324 e. The van der Waals surface area contributed by atoms with Crippen LogP contribution in [0.2, 0.25) is 0 Å². The Labute approximate surface area is 160 Å². The highest BCUT2D eigenvalue weighted by atomic mass is 32.2. The van der Waals surface area contributed by atoms with E-state index in [0.29, 0.717) is 17.8 Å².